The number of hydrogen-bond acceptors (Lipinski definition) is 4. The van der Waals surface area contributed by atoms with Crippen molar-refractivity contribution in [1.82, 2.24) is 15.1 Å². The summed E-state index contributed by atoms with van der Waals surface area (Å²) in [6.07, 6.45) is 4.95. The largest absolute Gasteiger partial charge is 0.366 e. The average Bonchev–Trinajstić information content (AvgIpc) is 2.96. The van der Waals surface area contributed by atoms with Crippen LogP contribution in [-0.2, 0) is 22.6 Å². The summed E-state index contributed by atoms with van der Waals surface area (Å²) in [7, 11) is 0. The molecule has 0 radical (unpaired) electrons. The van der Waals surface area contributed by atoms with Crippen molar-refractivity contribution in [2.75, 3.05) is 39.3 Å². The maximum atomic E-state index is 12.5. The standard InChI is InChI=1S/C21H33N3O2/c1-2-23-13-14-26-20(17-23)21(25)22-15-18-9-5-6-10-19(18)16-24-11-7-3-4-8-12-24/h5-6,9-10,20H,2-4,7-8,11-17H2,1H3,(H,22,25)/t20-/m1/s1. The molecule has 0 bridgehead atoms. The smallest absolute Gasteiger partial charge is 0.250 e. The molecule has 0 aliphatic carbocycles. The number of hydrogen-bond donors (Lipinski definition) is 1. The Morgan fingerprint density at radius 2 is 1.81 bits per heavy atom. The van der Waals surface area contributed by atoms with Gasteiger partial charge in [-0.2, -0.15) is 0 Å². The van der Waals surface area contributed by atoms with E-state index in [0.29, 0.717) is 19.7 Å². The van der Waals surface area contributed by atoms with Gasteiger partial charge in [0.25, 0.3) is 5.91 Å². The predicted octanol–water partition coefficient (Wildman–Crippen LogP) is 2.40. The van der Waals surface area contributed by atoms with E-state index in [-0.39, 0.29) is 12.0 Å². The number of nitrogens with zero attached hydrogens (tertiary/aromatic N) is 2. The normalized spacial score (nSPS) is 22.7. The lowest BCUT2D eigenvalue weighted by atomic mass is 10.1. The van der Waals surface area contributed by atoms with Crippen LogP contribution in [-0.4, -0.2) is 61.1 Å². The van der Waals surface area contributed by atoms with E-state index in [1.54, 1.807) is 0 Å². The van der Waals surface area contributed by atoms with Gasteiger partial charge in [-0.3, -0.25) is 14.6 Å². The minimum Gasteiger partial charge on any atom is -0.366 e. The summed E-state index contributed by atoms with van der Waals surface area (Å²) in [4.78, 5) is 17.3. The second-order valence-corrected chi connectivity index (χ2v) is 7.43. The summed E-state index contributed by atoms with van der Waals surface area (Å²) in [5, 5.41) is 3.09. The van der Waals surface area contributed by atoms with Crippen LogP contribution in [0, 0.1) is 0 Å². The minimum absolute atomic E-state index is 0.00715. The highest BCUT2D eigenvalue weighted by molar-refractivity contribution is 5.81. The fourth-order valence-electron chi connectivity index (χ4n) is 3.86. The molecule has 0 aromatic heterocycles. The van der Waals surface area contributed by atoms with Crippen LogP contribution in [0.1, 0.15) is 43.7 Å². The van der Waals surface area contributed by atoms with E-state index < -0.39 is 0 Å². The van der Waals surface area contributed by atoms with Crippen molar-refractivity contribution in [1.29, 1.82) is 0 Å². The molecule has 1 atom stereocenters. The van der Waals surface area contributed by atoms with E-state index in [0.717, 1.165) is 19.6 Å². The molecule has 1 amide bonds. The fourth-order valence-corrected chi connectivity index (χ4v) is 3.86. The van der Waals surface area contributed by atoms with E-state index in [9.17, 15) is 4.79 Å². The Labute approximate surface area is 157 Å². The monoisotopic (exact) mass is 359 g/mol. The summed E-state index contributed by atoms with van der Waals surface area (Å²) >= 11 is 0. The molecule has 1 aromatic carbocycles. The van der Waals surface area contributed by atoms with Crippen molar-refractivity contribution in [3.05, 3.63) is 35.4 Å². The van der Waals surface area contributed by atoms with E-state index in [1.807, 2.05) is 0 Å². The third kappa shape index (κ3) is 5.53. The van der Waals surface area contributed by atoms with Gasteiger partial charge in [0.1, 0.15) is 6.10 Å². The molecule has 2 fully saturated rings. The van der Waals surface area contributed by atoms with Gasteiger partial charge in [0.2, 0.25) is 0 Å². The molecule has 0 spiro atoms. The third-order valence-electron chi connectivity index (χ3n) is 5.55. The molecule has 5 nitrogen and oxygen atoms in total. The van der Waals surface area contributed by atoms with Crippen molar-refractivity contribution >= 4 is 5.91 Å². The number of likely N-dealkylation sites (N-methyl/N-ethyl adjacent to an activating group) is 1. The second kappa shape index (κ2) is 10.0. The number of morpholine rings is 1. The van der Waals surface area contributed by atoms with Crippen molar-refractivity contribution < 1.29 is 9.53 Å². The minimum atomic E-state index is -0.346. The highest BCUT2D eigenvalue weighted by Gasteiger charge is 2.25. The molecule has 2 saturated heterocycles. The van der Waals surface area contributed by atoms with Gasteiger partial charge >= 0.3 is 0 Å². The molecule has 2 aliphatic rings. The van der Waals surface area contributed by atoms with Crippen LogP contribution in [0.3, 0.4) is 0 Å². The van der Waals surface area contributed by atoms with Crippen LogP contribution in [0.5, 0.6) is 0 Å². The zero-order chi connectivity index (χ0) is 18.2. The van der Waals surface area contributed by atoms with Crippen LogP contribution in [0.25, 0.3) is 0 Å². The second-order valence-electron chi connectivity index (χ2n) is 7.43. The average molecular weight is 360 g/mol. The highest BCUT2D eigenvalue weighted by atomic mass is 16.5. The predicted molar refractivity (Wildman–Crippen MR) is 104 cm³/mol. The maximum Gasteiger partial charge on any atom is 0.250 e. The number of ether oxygens (including phenoxy) is 1. The quantitative estimate of drug-likeness (QED) is 0.847. The summed E-state index contributed by atoms with van der Waals surface area (Å²) in [6.45, 7) is 9.26. The Balaban J connectivity index is 1.55. The van der Waals surface area contributed by atoms with E-state index in [2.05, 4.69) is 46.3 Å². The first-order valence-electron chi connectivity index (χ1n) is 10.2. The first kappa shape index (κ1) is 19.3. The Bertz CT molecular complexity index is 570. The molecule has 3 rings (SSSR count). The van der Waals surface area contributed by atoms with Crippen LogP contribution >= 0.6 is 0 Å². The van der Waals surface area contributed by atoms with Gasteiger partial charge in [0.05, 0.1) is 6.61 Å². The number of likely N-dealkylation sites (tertiary alicyclic amines) is 1. The Hall–Kier alpha value is -1.43. The fraction of sp³-hybridized carbons (Fsp3) is 0.667. The van der Waals surface area contributed by atoms with Gasteiger partial charge in [-0.05, 0) is 43.6 Å². The SMILES string of the molecule is CCN1CCO[C@@H](C(=O)NCc2ccccc2CN2CCCCCC2)C1. The van der Waals surface area contributed by atoms with Crippen molar-refractivity contribution in [3.63, 3.8) is 0 Å². The third-order valence-corrected chi connectivity index (χ3v) is 5.55. The van der Waals surface area contributed by atoms with Gasteiger partial charge in [0, 0.05) is 26.2 Å². The van der Waals surface area contributed by atoms with Gasteiger partial charge in [-0.15, -0.1) is 0 Å². The number of rotatable bonds is 6. The Kier molecular flexibility index (Phi) is 7.47. The topological polar surface area (TPSA) is 44.8 Å². The van der Waals surface area contributed by atoms with E-state index in [1.165, 1.54) is 49.9 Å². The zero-order valence-corrected chi connectivity index (χ0v) is 16.1. The maximum absolute atomic E-state index is 12.5. The van der Waals surface area contributed by atoms with Gasteiger partial charge in [-0.1, -0.05) is 44.0 Å². The molecule has 1 aromatic rings. The molecular weight excluding hydrogens is 326 g/mol. The van der Waals surface area contributed by atoms with Crippen LogP contribution in [0.2, 0.25) is 0 Å². The lowest BCUT2D eigenvalue weighted by molar-refractivity contribution is -0.138. The van der Waals surface area contributed by atoms with Crippen LogP contribution in [0.4, 0.5) is 0 Å². The number of carbonyl (C=O) groups is 1. The molecule has 26 heavy (non-hydrogen) atoms. The number of nitrogens with one attached hydrogen (secondary N) is 1. The van der Waals surface area contributed by atoms with Crippen LogP contribution in [0.15, 0.2) is 24.3 Å². The summed E-state index contributed by atoms with van der Waals surface area (Å²) < 4.78 is 5.66. The lowest BCUT2D eigenvalue weighted by Crippen LogP contribution is -2.49. The van der Waals surface area contributed by atoms with Gasteiger partial charge < -0.3 is 10.1 Å². The zero-order valence-electron chi connectivity index (χ0n) is 16.1. The van der Waals surface area contributed by atoms with Gasteiger partial charge in [0.15, 0.2) is 0 Å². The molecule has 0 saturated carbocycles. The highest BCUT2D eigenvalue weighted by Crippen LogP contribution is 2.16. The summed E-state index contributed by atoms with van der Waals surface area (Å²) in [5.74, 6) is 0.00715. The Morgan fingerprint density at radius 3 is 2.54 bits per heavy atom. The van der Waals surface area contributed by atoms with Crippen molar-refractivity contribution in [2.24, 2.45) is 0 Å². The molecule has 2 aliphatic heterocycles. The first-order valence-corrected chi connectivity index (χ1v) is 10.2. The van der Waals surface area contributed by atoms with E-state index in [4.69, 9.17) is 4.74 Å². The van der Waals surface area contributed by atoms with Gasteiger partial charge in [-0.25, -0.2) is 0 Å². The molecule has 1 N–H and O–H groups in total. The number of amides is 1. The Morgan fingerprint density at radius 1 is 1.08 bits per heavy atom. The molecule has 2 heterocycles. The summed E-state index contributed by atoms with van der Waals surface area (Å²) in [5.41, 5.74) is 2.54. The van der Waals surface area contributed by atoms with Crippen LogP contribution < -0.4 is 5.32 Å². The number of benzene rings is 1. The lowest BCUT2D eigenvalue weighted by Gasteiger charge is -2.31. The first-order chi connectivity index (χ1) is 12.8. The molecule has 0 unspecified atom stereocenters. The molecule has 5 heteroatoms. The number of carbonyl (C=O) groups excluding carboxylic acids is 1. The van der Waals surface area contributed by atoms with E-state index >= 15 is 0 Å². The van der Waals surface area contributed by atoms with Crippen molar-refractivity contribution in [3.8, 4) is 0 Å². The summed E-state index contributed by atoms with van der Waals surface area (Å²) in [6, 6.07) is 8.49. The molecular formula is C21H33N3O2. The molecule has 144 valence electrons. The van der Waals surface area contributed by atoms with Crippen molar-refractivity contribution in [2.45, 2.75) is 51.8 Å².